The van der Waals surface area contributed by atoms with Crippen molar-refractivity contribution in [1.29, 1.82) is 0 Å². The van der Waals surface area contributed by atoms with Crippen LogP contribution in [0.3, 0.4) is 0 Å². The maximum atomic E-state index is 3.93. The van der Waals surface area contributed by atoms with E-state index >= 15 is 0 Å². The summed E-state index contributed by atoms with van der Waals surface area (Å²) in [6, 6.07) is 8.74. The zero-order chi connectivity index (χ0) is 12.1. The van der Waals surface area contributed by atoms with Gasteiger partial charge in [-0.3, -0.25) is 0 Å². The van der Waals surface area contributed by atoms with Crippen molar-refractivity contribution in [2.75, 3.05) is 6.54 Å². The lowest BCUT2D eigenvalue weighted by molar-refractivity contribution is 0.557. The lowest BCUT2D eigenvalue weighted by Crippen LogP contribution is -2.22. The van der Waals surface area contributed by atoms with Crippen LogP contribution in [-0.4, -0.2) is 16.1 Å². The SMILES string of the molecule is CCNC(Cc1ccc(Br)cc1)c1cnns1. The maximum absolute atomic E-state index is 3.93. The van der Waals surface area contributed by atoms with Crippen molar-refractivity contribution in [3.05, 3.63) is 45.4 Å². The van der Waals surface area contributed by atoms with Crippen LogP contribution >= 0.6 is 27.5 Å². The fourth-order valence-corrected chi connectivity index (χ4v) is 2.55. The third-order valence-electron chi connectivity index (χ3n) is 2.53. The number of rotatable bonds is 5. The van der Waals surface area contributed by atoms with E-state index in [9.17, 15) is 0 Å². The van der Waals surface area contributed by atoms with Gasteiger partial charge in [0.2, 0.25) is 0 Å². The number of hydrogen-bond acceptors (Lipinski definition) is 4. The first-order valence-electron chi connectivity index (χ1n) is 5.54. The second kappa shape index (κ2) is 6.23. The second-order valence-electron chi connectivity index (χ2n) is 3.76. The molecule has 1 atom stereocenters. The molecule has 17 heavy (non-hydrogen) atoms. The van der Waals surface area contributed by atoms with Crippen molar-refractivity contribution < 1.29 is 0 Å². The largest absolute Gasteiger partial charge is 0.309 e. The Hall–Kier alpha value is -0.780. The standard InChI is InChI=1S/C12H14BrN3S/c1-2-14-11(12-8-15-16-17-12)7-9-3-5-10(13)6-4-9/h3-6,8,11,14H,2,7H2,1H3. The van der Waals surface area contributed by atoms with Gasteiger partial charge < -0.3 is 5.32 Å². The van der Waals surface area contributed by atoms with Crippen molar-refractivity contribution >= 4 is 27.5 Å². The maximum Gasteiger partial charge on any atom is 0.0669 e. The summed E-state index contributed by atoms with van der Waals surface area (Å²) in [6.07, 6.45) is 2.81. The zero-order valence-corrected chi connectivity index (χ0v) is 12.0. The van der Waals surface area contributed by atoms with E-state index in [0.717, 1.165) is 17.4 Å². The number of benzene rings is 1. The molecule has 0 aliphatic rings. The van der Waals surface area contributed by atoms with Crippen LogP contribution in [0.5, 0.6) is 0 Å². The zero-order valence-electron chi connectivity index (χ0n) is 9.56. The first-order valence-corrected chi connectivity index (χ1v) is 7.11. The highest BCUT2D eigenvalue weighted by atomic mass is 79.9. The number of halogens is 1. The minimum Gasteiger partial charge on any atom is -0.309 e. The summed E-state index contributed by atoms with van der Waals surface area (Å²) in [7, 11) is 0. The first-order chi connectivity index (χ1) is 8.29. The van der Waals surface area contributed by atoms with Gasteiger partial charge in [0.05, 0.1) is 11.1 Å². The van der Waals surface area contributed by atoms with Crippen molar-refractivity contribution in [3.63, 3.8) is 0 Å². The molecule has 0 aliphatic carbocycles. The summed E-state index contributed by atoms with van der Waals surface area (Å²) in [5.74, 6) is 0. The minimum absolute atomic E-state index is 0.307. The average molecular weight is 312 g/mol. The number of nitrogens with zero attached hydrogens (tertiary/aromatic N) is 2. The predicted octanol–water partition coefficient (Wildman–Crippen LogP) is 3.19. The third kappa shape index (κ3) is 3.59. The lowest BCUT2D eigenvalue weighted by atomic mass is 10.1. The summed E-state index contributed by atoms with van der Waals surface area (Å²) in [5, 5.41) is 7.37. The molecule has 5 heteroatoms. The Labute approximate surface area is 114 Å². The monoisotopic (exact) mass is 311 g/mol. The molecule has 2 rings (SSSR count). The van der Waals surface area contributed by atoms with Gasteiger partial charge in [-0.2, -0.15) is 0 Å². The number of likely N-dealkylation sites (N-methyl/N-ethyl adjacent to an activating group) is 1. The van der Waals surface area contributed by atoms with E-state index in [2.05, 4.69) is 62.0 Å². The molecular formula is C12H14BrN3S. The van der Waals surface area contributed by atoms with Crippen molar-refractivity contribution in [2.24, 2.45) is 0 Å². The fraction of sp³-hybridized carbons (Fsp3) is 0.333. The Morgan fingerprint density at radius 3 is 2.71 bits per heavy atom. The van der Waals surface area contributed by atoms with Gasteiger partial charge in [0.25, 0.3) is 0 Å². The molecule has 1 aromatic carbocycles. The van der Waals surface area contributed by atoms with E-state index in [-0.39, 0.29) is 0 Å². The van der Waals surface area contributed by atoms with E-state index in [1.165, 1.54) is 22.0 Å². The van der Waals surface area contributed by atoms with Crippen LogP contribution < -0.4 is 5.32 Å². The number of hydrogen-bond donors (Lipinski definition) is 1. The summed E-state index contributed by atoms with van der Waals surface area (Å²) in [5.41, 5.74) is 1.31. The Morgan fingerprint density at radius 1 is 1.35 bits per heavy atom. The van der Waals surface area contributed by atoms with Gasteiger partial charge >= 0.3 is 0 Å². The summed E-state index contributed by atoms with van der Waals surface area (Å²) >= 11 is 4.91. The van der Waals surface area contributed by atoms with Gasteiger partial charge in [-0.25, -0.2) is 0 Å². The van der Waals surface area contributed by atoms with E-state index in [0.29, 0.717) is 6.04 Å². The van der Waals surface area contributed by atoms with Crippen LogP contribution in [0.1, 0.15) is 23.4 Å². The normalized spacial score (nSPS) is 12.6. The average Bonchev–Trinajstić information content (AvgIpc) is 2.85. The molecule has 0 spiro atoms. The van der Waals surface area contributed by atoms with Gasteiger partial charge in [0, 0.05) is 10.5 Å². The molecule has 0 aliphatic heterocycles. The van der Waals surface area contributed by atoms with Crippen LogP contribution in [0, 0.1) is 0 Å². The molecule has 1 unspecified atom stereocenters. The van der Waals surface area contributed by atoms with Crippen LogP contribution in [0.15, 0.2) is 34.9 Å². The summed E-state index contributed by atoms with van der Waals surface area (Å²) in [4.78, 5) is 1.19. The number of nitrogens with one attached hydrogen (secondary N) is 1. The van der Waals surface area contributed by atoms with E-state index in [1.54, 1.807) is 0 Å². The molecule has 2 aromatic rings. The Bertz CT molecular complexity index is 441. The topological polar surface area (TPSA) is 37.8 Å². The quantitative estimate of drug-likeness (QED) is 0.921. The molecule has 0 amide bonds. The van der Waals surface area contributed by atoms with Crippen LogP contribution in [0.25, 0.3) is 0 Å². The van der Waals surface area contributed by atoms with Gasteiger partial charge in [-0.1, -0.05) is 39.5 Å². The highest BCUT2D eigenvalue weighted by Gasteiger charge is 2.13. The fourth-order valence-electron chi connectivity index (χ4n) is 1.70. The lowest BCUT2D eigenvalue weighted by Gasteiger charge is -2.15. The van der Waals surface area contributed by atoms with E-state index < -0.39 is 0 Å². The van der Waals surface area contributed by atoms with Gasteiger partial charge in [-0.05, 0) is 42.2 Å². The molecule has 1 N–H and O–H groups in total. The molecule has 90 valence electrons. The smallest absolute Gasteiger partial charge is 0.0669 e. The third-order valence-corrected chi connectivity index (χ3v) is 3.83. The van der Waals surface area contributed by atoms with Crippen molar-refractivity contribution in [3.8, 4) is 0 Å². The van der Waals surface area contributed by atoms with Crippen LogP contribution in [0.4, 0.5) is 0 Å². The van der Waals surface area contributed by atoms with Gasteiger partial charge in [0.1, 0.15) is 0 Å². The molecule has 0 saturated heterocycles. The highest BCUT2D eigenvalue weighted by Crippen LogP contribution is 2.21. The Kier molecular flexibility index (Phi) is 4.65. The molecule has 3 nitrogen and oxygen atoms in total. The van der Waals surface area contributed by atoms with Crippen LogP contribution in [0.2, 0.25) is 0 Å². The van der Waals surface area contributed by atoms with Crippen molar-refractivity contribution in [1.82, 2.24) is 14.9 Å². The first kappa shape index (κ1) is 12.7. The summed E-state index contributed by atoms with van der Waals surface area (Å²) in [6.45, 7) is 3.06. The molecule has 1 heterocycles. The van der Waals surface area contributed by atoms with E-state index in [1.807, 2.05) is 6.20 Å². The van der Waals surface area contributed by atoms with Gasteiger partial charge in [-0.15, -0.1) is 5.10 Å². The molecule has 0 bridgehead atoms. The molecular weight excluding hydrogens is 298 g/mol. The highest BCUT2D eigenvalue weighted by molar-refractivity contribution is 9.10. The predicted molar refractivity (Wildman–Crippen MR) is 74.2 cm³/mol. The Balaban J connectivity index is 2.10. The van der Waals surface area contributed by atoms with Crippen LogP contribution in [-0.2, 0) is 6.42 Å². The van der Waals surface area contributed by atoms with Crippen molar-refractivity contribution in [2.45, 2.75) is 19.4 Å². The van der Waals surface area contributed by atoms with E-state index in [4.69, 9.17) is 0 Å². The Morgan fingerprint density at radius 2 is 2.12 bits per heavy atom. The molecule has 0 radical (unpaired) electrons. The number of aromatic nitrogens is 2. The molecule has 0 fully saturated rings. The van der Waals surface area contributed by atoms with Gasteiger partial charge in [0.15, 0.2) is 0 Å². The summed E-state index contributed by atoms with van der Waals surface area (Å²) < 4.78 is 5.04. The minimum atomic E-state index is 0.307. The molecule has 1 aromatic heterocycles. The second-order valence-corrected chi connectivity index (χ2v) is 5.49. The molecule has 0 saturated carbocycles.